The average Bonchev–Trinajstić information content (AvgIpc) is 3.48. The van der Waals surface area contributed by atoms with Crippen LogP contribution in [0, 0.1) is 18.3 Å². The standard InChI is InChI=1S/C24H23N7O3S/c1-14-26-23-18(12-22(31-24(23)27-14)30-21-7-3-5-16(13-25)28-21)29-17-9-8-15(19-6-4-10-34-19)11-20(17)35(2,32)33/h3,5,7-9,11-12,19H,4,6,10H2,1-2H3,(H3,26,27,28,29,30,31). The minimum absolute atomic E-state index is 0.0985. The van der Waals surface area contributed by atoms with Crippen LogP contribution < -0.4 is 10.6 Å². The topological polar surface area (TPSA) is 146 Å². The van der Waals surface area contributed by atoms with Gasteiger partial charge in [-0.05, 0) is 49.6 Å². The third kappa shape index (κ3) is 4.80. The molecule has 11 heteroatoms. The lowest BCUT2D eigenvalue weighted by Gasteiger charge is -2.16. The lowest BCUT2D eigenvalue weighted by Crippen LogP contribution is -2.06. The number of ether oxygens (including phenoxy) is 1. The molecule has 0 saturated carbocycles. The van der Waals surface area contributed by atoms with E-state index in [9.17, 15) is 8.42 Å². The van der Waals surface area contributed by atoms with Crippen LogP contribution in [0.15, 0.2) is 47.4 Å². The molecule has 0 radical (unpaired) electrons. The summed E-state index contributed by atoms with van der Waals surface area (Å²) in [6, 6.07) is 14.1. The Hall–Kier alpha value is -4.01. The quantitative estimate of drug-likeness (QED) is 0.361. The van der Waals surface area contributed by atoms with E-state index in [0.29, 0.717) is 46.6 Å². The number of nitriles is 1. The highest BCUT2D eigenvalue weighted by atomic mass is 32.2. The molecule has 10 nitrogen and oxygen atoms in total. The number of imidazole rings is 1. The molecule has 0 spiro atoms. The molecule has 178 valence electrons. The van der Waals surface area contributed by atoms with Crippen molar-refractivity contribution in [1.29, 1.82) is 5.26 Å². The number of hydrogen-bond acceptors (Lipinski definition) is 9. The van der Waals surface area contributed by atoms with Gasteiger partial charge in [0.15, 0.2) is 15.5 Å². The predicted molar refractivity (Wildman–Crippen MR) is 132 cm³/mol. The maximum atomic E-state index is 12.7. The third-order valence-corrected chi connectivity index (χ3v) is 6.80. The van der Waals surface area contributed by atoms with E-state index in [-0.39, 0.29) is 16.7 Å². The highest BCUT2D eigenvalue weighted by Crippen LogP contribution is 2.35. The van der Waals surface area contributed by atoms with Crippen molar-refractivity contribution in [2.24, 2.45) is 0 Å². The Morgan fingerprint density at radius 1 is 1.09 bits per heavy atom. The van der Waals surface area contributed by atoms with Crippen LogP contribution in [0.4, 0.5) is 23.0 Å². The molecule has 5 rings (SSSR count). The first-order chi connectivity index (χ1) is 16.8. The minimum atomic E-state index is -3.54. The summed E-state index contributed by atoms with van der Waals surface area (Å²) in [6.45, 7) is 2.49. The third-order valence-electron chi connectivity index (χ3n) is 5.67. The zero-order chi connectivity index (χ0) is 24.6. The summed E-state index contributed by atoms with van der Waals surface area (Å²) in [5, 5.41) is 15.5. The Labute approximate surface area is 202 Å². The molecule has 1 atom stereocenters. The summed E-state index contributed by atoms with van der Waals surface area (Å²) < 4.78 is 31.1. The first-order valence-corrected chi connectivity index (χ1v) is 12.9. The molecule has 0 aliphatic carbocycles. The molecule has 1 aliphatic rings. The number of nitrogens with zero attached hydrogens (tertiary/aromatic N) is 4. The molecule has 1 aliphatic heterocycles. The molecule has 4 aromatic rings. The van der Waals surface area contributed by atoms with Crippen LogP contribution in [0.3, 0.4) is 0 Å². The first kappa shape index (κ1) is 22.8. The van der Waals surface area contributed by atoms with E-state index in [4.69, 9.17) is 10.00 Å². The van der Waals surface area contributed by atoms with Gasteiger partial charge in [0, 0.05) is 18.9 Å². The largest absolute Gasteiger partial charge is 0.374 e. The first-order valence-electron chi connectivity index (χ1n) is 11.0. The van der Waals surface area contributed by atoms with E-state index in [0.717, 1.165) is 18.4 Å². The van der Waals surface area contributed by atoms with Crippen LogP contribution in [-0.4, -0.2) is 41.2 Å². The predicted octanol–water partition coefficient (Wildman–Crippen LogP) is 4.28. The van der Waals surface area contributed by atoms with Crippen molar-refractivity contribution in [3.05, 3.63) is 59.5 Å². The lowest BCUT2D eigenvalue weighted by molar-refractivity contribution is 0.112. The summed E-state index contributed by atoms with van der Waals surface area (Å²) in [6.07, 6.45) is 2.91. The van der Waals surface area contributed by atoms with Gasteiger partial charge in [0.1, 0.15) is 34.7 Å². The lowest BCUT2D eigenvalue weighted by atomic mass is 10.1. The van der Waals surface area contributed by atoms with Crippen LogP contribution in [0.25, 0.3) is 11.2 Å². The van der Waals surface area contributed by atoms with Crippen molar-refractivity contribution in [1.82, 2.24) is 19.9 Å². The van der Waals surface area contributed by atoms with E-state index in [1.54, 1.807) is 36.4 Å². The normalized spacial score (nSPS) is 15.7. The molecule has 35 heavy (non-hydrogen) atoms. The number of aromatic nitrogens is 4. The van der Waals surface area contributed by atoms with E-state index < -0.39 is 9.84 Å². The maximum absolute atomic E-state index is 12.7. The Morgan fingerprint density at radius 2 is 1.94 bits per heavy atom. The van der Waals surface area contributed by atoms with Crippen molar-refractivity contribution in [3.63, 3.8) is 0 Å². The number of rotatable bonds is 6. The zero-order valence-electron chi connectivity index (χ0n) is 19.2. The second kappa shape index (κ2) is 8.98. The number of benzene rings is 1. The van der Waals surface area contributed by atoms with Gasteiger partial charge in [-0.3, -0.25) is 0 Å². The number of hydrogen-bond donors (Lipinski definition) is 3. The Balaban J connectivity index is 1.56. The van der Waals surface area contributed by atoms with Gasteiger partial charge >= 0.3 is 0 Å². The highest BCUT2D eigenvalue weighted by molar-refractivity contribution is 7.90. The van der Waals surface area contributed by atoms with E-state index >= 15 is 0 Å². The fourth-order valence-corrected chi connectivity index (χ4v) is 4.97. The highest BCUT2D eigenvalue weighted by Gasteiger charge is 2.22. The second-order valence-corrected chi connectivity index (χ2v) is 10.4. The number of sulfone groups is 1. The summed E-state index contributed by atoms with van der Waals surface area (Å²) >= 11 is 0. The van der Waals surface area contributed by atoms with Gasteiger partial charge in [0.25, 0.3) is 0 Å². The monoisotopic (exact) mass is 489 g/mol. The Morgan fingerprint density at radius 3 is 2.69 bits per heavy atom. The molecule has 1 saturated heterocycles. The number of nitrogens with one attached hydrogen (secondary N) is 3. The number of pyridine rings is 2. The Kier molecular flexibility index (Phi) is 5.84. The average molecular weight is 490 g/mol. The van der Waals surface area contributed by atoms with Crippen LogP contribution in [0.2, 0.25) is 0 Å². The summed E-state index contributed by atoms with van der Waals surface area (Å²) in [4.78, 5) is 16.6. The van der Waals surface area contributed by atoms with E-state index in [2.05, 4.69) is 30.6 Å². The molecule has 0 bridgehead atoms. The summed E-state index contributed by atoms with van der Waals surface area (Å²) in [7, 11) is -3.54. The molecule has 1 unspecified atom stereocenters. The second-order valence-electron chi connectivity index (χ2n) is 8.37. The number of aromatic amines is 1. The van der Waals surface area contributed by atoms with Gasteiger partial charge in [-0.25, -0.2) is 23.4 Å². The van der Waals surface area contributed by atoms with Crippen molar-refractivity contribution >= 4 is 44.0 Å². The molecule has 0 amide bonds. The number of aryl methyl sites for hydroxylation is 1. The van der Waals surface area contributed by atoms with E-state index in [1.165, 1.54) is 6.26 Å². The van der Waals surface area contributed by atoms with Crippen LogP contribution in [-0.2, 0) is 14.6 Å². The van der Waals surface area contributed by atoms with Gasteiger partial charge in [-0.15, -0.1) is 0 Å². The molecule has 4 heterocycles. The van der Waals surface area contributed by atoms with Gasteiger partial charge in [0.2, 0.25) is 0 Å². The maximum Gasteiger partial charge on any atom is 0.177 e. The molecule has 1 fully saturated rings. The van der Waals surface area contributed by atoms with Gasteiger partial charge in [-0.1, -0.05) is 12.1 Å². The smallest absolute Gasteiger partial charge is 0.177 e. The number of anilines is 4. The molecule has 3 N–H and O–H groups in total. The van der Waals surface area contributed by atoms with E-state index in [1.807, 2.05) is 19.1 Å². The van der Waals surface area contributed by atoms with Gasteiger partial charge < -0.3 is 20.4 Å². The van der Waals surface area contributed by atoms with Crippen LogP contribution >= 0.6 is 0 Å². The Bertz CT molecular complexity index is 1570. The SMILES string of the molecule is Cc1nc2c(Nc3ccc(C4CCCO4)cc3S(C)(=O)=O)cc(Nc3cccc(C#N)n3)nc2[nH]1. The number of fused-ring (bicyclic) bond motifs is 1. The minimum Gasteiger partial charge on any atom is -0.374 e. The van der Waals surface area contributed by atoms with Crippen LogP contribution in [0.1, 0.15) is 36.0 Å². The van der Waals surface area contributed by atoms with Gasteiger partial charge in [-0.2, -0.15) is 5.26 Å². The molecular formula is C24H23N7O3S. The fourth-order valence-electron chi connectivity index (χ4n) is 4.10. The fraction of sp³-hybridized carbons (Fsp3) is 0.250. The van der Waals surface area contributed by atoms with Crippen molar-refractivity contribution in [3.8, 4) is 6.07 Å². The van der Waals surface area contributed by atoms with Crippen molar-refractivity contribution in [2.75, 3.05) is 23.5 Å². The van der Waals surface area contributed by atoms with Crippen LogP contribution in [0.5, 0.6) is 0 Å². The summed E-state index contributed by atoms with van der Waals surface area (Å²) in [5.74, 6) is 1.56. The number of H-pyrrole nitrogens is 1. The van der Waals surface area contributed by atoms with Gasteiger partial charge in [0.05, 0.1) is 22.4 Å². The van der Waals surface area contributed by atoms with Crippen molar-refractivity contribution in [2.45, 2.75) is 30.8 Å². The molecule has 1 aromatic carbocycles. The molecular weight excluding hydrogens is 466 g/mol. The molecule has 3 aromatic heterocycles. The summed E-state index contributed by atoms with van der Waals surface area (Å²) in [5.41, 5.74) is 3.19. The van der Waals surface area contributed by atoms with Crippen molar-refractivity contribution < 1.29 is 13.2 Å². The zero-order valence-corrected chi connectivity index (χ0v) is 20.0.